The summed E-state index contributed by atoms with van der Waals surface area (Å²) >= 11 is 0. The second-order valence-corrected chi connectivity index (χ2v) is 11.2. The van der Waals surface area contributed by atoms with E-state index in [0.29, 0.717) is 11.8 Å². The molecule has 3 heteroatoms. The summed E-state index contributed by atoms with van der Waals surface area (Å²) in [5.41, 5.74) is 6.66. The smallest absolute Gasteiger partial charge is 0.137 e. The Morgan fingerprint density at radius 2 is 1.61 bits per heavy atom. The summed E-state index contributed by atoms with van der Waals surface area (Å²) in [6.45, 7) is 16.0. The fourth-order valence-electron chi connectivity index (χ4n) is 4.86. The van der Waals surface area contributed by atoms with Crippen molar-refractivity contribution in [2.75, 3.05) is 7.11 Å². The average molecular weight is 443 g/mol. The fourth-order valence-corrected chi connectivity index (χ4v) is 4.86. The van der Waals surface area contributed by atoms with Crippen LogP contribution in [-0.4, -0.2) is 16.7 Å². The Kier molecular flexibility index (Phi) is 6.26. The van der Waals surface area contributed by atoms with E-state index in [1.807, 2.05) is 6.20 Å². The number of pyridine rings is 1. The molecular formula is C30H38N2O. The van der Waals surface area contributed by atoms with Crippen LogP contribution in [0.15, 0.2) is 48.7 Å². The van der Waals surface area contributed by atoms with E-state index in [-0.39, 0.29) is 5.41 Å². The van der Waals surface area contributed by atoms with E-state index in [1.165, 1.54) is 33.0 Å². The van der Waals surface area contributed by atoms with Crippen LogP contribution in [-0.2, 0) is 18.3 Å². The zero-order valence-electron chi connectivity index (χ0n) is 21.5. The Bertz CT molecular complexity index is 1290. The van der Waals surface area contributed by atoms with Crippen LogP contribution in [0.1, 0.15) is 65.2 Å². The Labute approximate surface area is 198 Å². The predicted octanol–water partition coefficient (Wildman–Crippen LogP) is 7.88. The number of benzene rings is 2. The van der Waals surface area contributed by atoms with Gasteiger partial charge in [0.05, 0.1) is 18.1 Å². The third kappa shape index (κ3) is 4.51. The molecule has 0 saturated heterocycles. The molecule has 2 aromatic heterocycles. The molecule has 0 aliphatic carbocycles. The van der Waals surface area contributed by atoms with Crippen molar-refractivity contribution in [3.05, 3.63) is 65.4 Å². The molecule has 33 heavy (non-hydrogen) atoms. The highest BCUT2D eigenvalue weighted by atomic mass is 16.5. The van der Waals surface area contributed by atoms with Crippen LogP contribution < -0.4 is 4.74 Å². The van der Waals surface area contributed by atoms with Gasteiger partial charge in [-0.25, -0.2) is 4.98 Å². The molecule has 0 amide bonds. The van der Waals surface area contributed by atoms with Gasteiger partial charge >= 0.3 is 0 Å². The van der Waals surface area contributed by atoms with Gasteiger partial charge in [-0.3, -0.25) is 4.57 Å². The standard InChI is InChI=1S/C30H38N2O/c1-19(2)15-21-9-12-26-29(25(21)16-20(3)4)24-11-10-23(33-8)18-27(24)32(26)28-17-22(13-14-31-28)30(5,6)7/h9-14,17-20H,15-16H2,1-8H3. The van der Waals surface area contributed by atoms with E-state index >= 15 is 0 Å². The molecule has 2 heterocycles. The van der Waals surface area contributed by atoms with Crippen molar-refractivity contribution >= 4 is 21.8 Å². The van der Waals surface area contributed by atoms with Crippen LogP contribution in [0.4, 0.5) is 0 Å². The molecule has 0 unspecified atom stereocenters. The highest BCUT2D eigenvalue weighted by Gasteiger charge is 2.21. The minimum atomic E-state index is 0.0569. The van der Waals surface area contributed by atoms with Crippen LogP contribution in [0, 0.1) is 11.8 Å². The first-order valence-corrected chi connectivity index (χ1v) is 12.2. The molecular weight excluding hydrogens is 404 g/mol. The van der Waals surface area contributed by atoms with Gasteiger partial charge in [0.25, 0.3) is 0 Å². The first kappa shape index (κ1) is 23.4. The number of methoxy groups -OCH3 is 1. The maximum atomic E-state index is 5.62. The Morgan fingerprint density at radius 1 is 0.879 bits per heavy atom. The zero-order valence-corrected chi connectivity index (χ0v) is 21.5. The van der Waals surface area contributed by atoms with Gasteiger partial charge in [0, 0.05) is 23.0 Å². The van der Waals surface area contributed by atoms with Crippen LogP contribution in [0.2, 0.25) is 0 Å². The average Bonchev–Trinajstić information content (AvgIpc) is 3.08. The monoisotopic (exact) mass is 442 g/mol. The highest BCUT2D eigenvalue weighted by molar-refractivity contribution is 6.11. The lowest BCUT2D eigenvalue weighted by atomic mass is 9.88. The molecule has 0 aliphatic rings. The maximum Gasteiger partial charge on any atom is 0.137 e. The summed E-state index contributed by atoms with van der Waals surface area (Å²) in [7, 11) is 1.73. The van der Waals surface area contributed by atoms with E-state index in [2.05, 4.69) is 95.5 Å². The Morgan fingerprint density at radius 3 is 2.24 bits per heavy atom. The largest absolute Gasteiger partial charge is 0.497 e. The molecule has 0 saturated carbocycles. The van der Waals surface area contributed by atoms with E-state index in [9.17, 15) is 0 Å². The number of aromatic nitrogens is 2. The van der Waals surface area contributed by atoms with Crippen molar-refractivity contribution in [2.24, 2.45) is 11.8 Å². The van der Waals surface area contributed by atoms with Crippen molar-refractivity contribution in [1.29, 1.82) is 0 Å². The van der Waals surface area contributed by atoms with Gasteiger partial charge in [0.2, 0.25) is 0 Å². The van der Waals surface area contributed by atoms with Gasteiger partial charge in [0.15, 0.2) is 0 Å². The molecule has 0 fully saturated rings. The first-order valence-electron chi connectivity index (χ1n) is 12.2. The lowest BCUT2D eigenvalue weighted by Crippen LogP contribution is -2.12. The summed E-state index contributed by atoms with van der Waals surface area (Å²) in [5.74, 6) is 3.03. The second kappa shape index (κ2) is 8.85. The molecule has 0 atom stereocenters. The van der Waals surface area contributed by atoms with Crippen molar-refractivity contribution in [2.45, 2.75) is 66.7 Å². The molecule has 174 valence electrons. The number of ether oxygens (including phenoxy) is 1. The normalized spacial score (nSPS) is 12.4. The summed E-state index contributed by atoms with van der Waals surface area (Å²) in [6.07, 6.45) is 4.11. The minimum Gasteiger partial charge on any atom is -0.497 e. The molecule has 4 aromatic rings. The number of nitrogens with zero attached hydrogens (tertiary/aromatic N) is 2. The molecule has 0 bridgehead atoms. The van der Waals surface area contributed by atoms with Gasteiger partial charge in [-0.1, -0.05) is 54.5 Å². The van der Waals surface area contributed by atoms with Crippen LogP contribution in [0.25, 0.3) is 27.6 Å². The highest BCUT2D eigenvalue weighted by Crippen LogP contribution is 2.38. The number of hydrogen-bond donors (Lipinski definition) is 0. The van der Waals surface area contributed by atoms with Gasteiger partial charge in [-0.15, -0.1) is 0 Å². The van der Waals surface area contributed by atoms with Gasteiger partial charge < -0.3 is 4.74 Å². The zero-order chi connectivity index (χ0) is 23.9. The first-order chi connectivity index (χ1) is 15.6. The third-order valence-electron chi connectivity index (χ3n) is 6.43. The number of fused-ring (bicyclic) bond motifs is 3. The summed E-state index contributed by atoms with van der Waals surface area (Å²) in [4.78, 5) is 4.83. The lowest BCUT2D eigenvalue weighted by Gasteiger charge is -2.20. The van der Waals surface area contributed by atoms with Crippen LogP contribution >= 0.6 is 0 Å². The minimum absolute atomic E-state index is 0.0569. The Balaban J connectivity index is 2.12. The summed E-state index contributed by atoms with van der Waals surface area (Å²) in [5, 5.41) is 2.64. The molecule has 0 N–H and O–H groups in total. The second-order valence-electron chi connectivity index (χ2n) is 11.2. The van der Waals surface area contributed by atoms with E-state index < -0.39 is 0 Å². The maximum absolute atomic E-state index is 5.62. The topological polar surface area (TPSA) is 27.1 Å². The third-order valence-corrected chi connectivity index (χ3v) is 6.43. The van der Waals surface area contributed by atoms with Crippen molar-refractivity contribution in [3.63, 3.8) is 0 Å². The van der Waals surface area contributed by atoms with Crippen LogP contribution in [0.5, 0.6) is 5.75 Å². The molecule has 0 radical (unpaired) electrons. The lowest BCUT2D eigenvalue weighted by molar-refractivity contribution is 0.415. The van der Waals surface area contributed by atoms with Gasteiger partial charge in [-0.2, -0.15) is 0 Å². The quantitative estimate of drug-likeness (QED) is 0.304. The van der Waals surface area contributed by atoms with E-state index in [0.717, 1.165) is 29.9 Å². The molecule has 4 rings (SSSR count). The van der Waals surface area contributed by atoms with Gasteiger partial charge in [0.1, 0.15) is 11.6 Å². The number of rotatable bonds is 6. The summed E-state index contributed by atoms with van der Waals surface area (Å²) in [6, 6.07) is 15.5. The van der Waals surface area contributed by atoms with E-state index in [1.54, 1.807) is 7.11 Å². The van der Waals surface area contributed by atoms with E-state index in [4.69, 9.17) is 9.72 Å². The fraction of sp³-hybridized carbons (Fsp3) is 0.433. The van der Waals surface area contributed by atoms with Crippen molar-refractivity contribution in [1.82, 2.24) is 9.55 Å². The molecule has 0 spiro atoms. The number of hydrogen-bond acceptors (Lipinski definition) is 2. The molecule has 0 aliphatic heterocycles. The van der Waals surface area contributed by atoms with Crippen LogP contribution in [0.3, 0.4) is 0 Å². The van der Waals surface area contributed by atoms with Crippen molar-refractivity contribution < 1.29 is 4.74 Å². The van der Waals surface area contributed by atoms with Crippen molar-refractivity contribution in [3.8, 4) is 11.6 Å². The molecule has 3 nitrogen and oxygen atoms in total. The molecule has 2 aromatic carbocycles. The Hall–Kier alpha value is -2.81. The predicted molar refractivity (Wildman–Crippen MR) is 141 cm³/mol. The summed E-state index contributed by atoms with van der Waals surface area (Å²) < 4.78 is 7.95. The SMILES string of the molecule is COc1ccc2c3c(CC(C)C)c(CC(C)C)ccc3n(-c3cc(C(C)(C)C)ccn3)c2c1. The van der Waals surface area contributed by atoms with Gasteiger partial charge in [-0.05, 0) is 77.1 Å².